The first kappa shape index (κ1) is 37.4. The van der Waals surface area contributed by atoms with E-state index in [9.17, 15) is 9.00 Å². The standard InChI is InChI=1S/C43H59ClN4O4S/c1-30-16-18-43(51-3,28-46-20-21-47-19-6-5-9-36(47)25-46)38-13-10-34(38)24-48-27-42(17-7-8-32-22-35(44)12-14-37(32)42)29-52-40-15-11-33(23-39(40)48)41(49)45-53(4,50)26-31(30)2/h11-12,14-16,18,22-23,30-31,34,36,38H,4-10,13,17,19-21,24-29H2,1-3H3,(H,45,49,50)/b18-16+/t30-,31+,34-,36+,38+,42-,43-,53?/m0/s1. The number of amides is 1. The lowest BCUT2D eigenvalue weighted by Gasteiger charge is -2.53. The monoisotopic (exact) mass is 762 g/mol. The number of benzene rings is 2. The molecule has 8 atom stereocenters. The Kier molecular flexibility index (Phi) is 10.5. The summed E-state index contributed by atoms with van der Waals surface area (Å²) in [6, 6.07) is 12.7. The van der Waals surface area contributed by atoms with Crippen molar-refractivity contribution < 1.29 is 18.5 Å². The summed E-state index contributed by atoms with van der Waals surface area (Å²) in [7, 11) is -0.983. The Bertz CT molecular complexity index is 1840. The molecule has 8 rings (SSSR count). The van der Waals surface area contributed by atoms with Gasteiger partial charge < -0.3 is 14.4 Å². The quantitative estimate of drug-likeness (QED) is 0.279. The second-order valence-corrected chi connectivity index (χ2v) is 20.0. The van der Waals surface area contributed by atoms with Crippen LogP contribution in [-0.4, -0.2) is 103 Å². The van der Waals surface area contributed by atoms with E-state index in [2.05, 4.69) is 63.4 Å². The molecule has 3 fully saturated rings. The molecule has 10 heteroatoms. The third kappa shape index (κ3) is 7.42. The van der Waals surface area contributed by atoms with Gasteiger partial charge in [-0.15, -0.1) is 0 Å². The molecular formula is C43H59ClN4O4S. The number of aryl methyl sites for hydroxylation is 1. The number of fused-ring (bicyclic) bond motifs is 5. The van der Waals surface area contributed by atoms with Gasteiger partial charge in [0.05, 0.1) is 12.3 Å². The number of allylic oxidation sites excluding steroid dienone is 1. The number of nitrogens with zero attached hydrogens (tertiary/aromatic N) is 3. The van der Waals surface area contributed by atoms with E-state index >= 15 is 0 Å². The van der Waals surface area contributed by atoms with Crippen LogP contribution in [0.2, 0.25) is 5.02 Å². The number of carbonyl (C=O) groups is 1. The third-order valence-electron chi connectivity index (χ3n) is 14.0. The minimum absolute atomic E-state index is 0.0439. The van der Waals surface area contributed by atoms with E-state index in [0.717, 1.165) is 87.8 Å². The first-order valence-electron chi connectivity index (χ1n) is 20.2. The predicted octanol–water partition coefficient (Wildman–Crippen LogP) is 6.60. The molecule has 2 saturated heterocycles. The van der Waals surface area contributed by atoms with Gasteiger partial charge in [-0.05, 0) is 122 Å². The molecule has 2 aliphatic carbocycles. The maximum absolute atomic E-state index is 13.9. The predicted molar refractivity (Wildman–Crippen MR) is 217 cm³/mol. The van der Waals surface area contributed by atoms with Gasteiger partial charge in [0.15, 0.2) is 0 Å². The van der Waals surface area contributed by atoms with Crippen molar-refractivity contribution in [1.29, 1.82) is 0 Å². The van der Waals surface area contributed by atoms with Crippen molar-refractivity contribution in [3.63, 3.8) is 0 Å². The maximum atomic E-state index is 13.9. The Hall–Kier alpha value is -2.56. The molecule has 53 heavy (non-hydrogen) atoms. The molecule has 1 saturated carbocycles. The lowest BCUT2D eigenvalue weighted by molar-refractivity contribution is -0.100. The number of hydrogen-bond donors (Lipinski definition) is 1. The highest BCUT2D eigenvalue weighted by Gasteiger charge is 2.50. The fourth-order valence-corrected chi connectivity index (χ4v) is 12.5. The van der Waals surface area contributed by atoms with Gasteiger partial charge in [0.2, 0.25) is 0 Å². The smallest absolute Gasteiger partial charge is 0.262 e. The van der Waals surface area contributed by atoms with Crippen LogP contribution in [-0.2, 0) is 26.3 Å². The van der Waals surface area contributed by atoms with Crippen LogP contribution in [0.3, 0.4) is 0 Å². The van der Waals surface area contributed by atoms with Gasteiger partial charge in [0, 0.05) is 83.9 Å². The summed E-state index contributed by atoms with van der Waals surface area (Å²) < 4.78 is 30.3. The fourth-order valence-electron chi connectivity index (χ4n) is 10.6. The minimum atomic E-state index is -2.90. The second kappa shape index (κ2) is 14.8. The lowest BCUT2D eigenvalue weighted by Crippen LogP contribution is -2.61. The molecule has 1 amide bonds. The molecule has 2 aromatic rings. The zero-order chi connectivity index (χ0) is 37.0. The summed E-state index contributed by atoms with van der Waals surface area (Å²) in [6.07, 6.45) is 13.9. The summed E-state index contributed by atoms with van der Waals surface area (Å²) in [4.78, 5) is 21.7. The topological polar surface area (TPSA) is 74.3 Å². The Labute approximate surface area is 322 Å². The maximum Gasteiger partial charge on any atom is 0.262 e. The van der Waals surface area contributed by atoms with E-state index in [4.69, 9.17) is 21.1 Å². The first-order chi connectivity index (χ1) is 25.5. The Morgan fingerprint density at radius 3 is 2.74 bits per heavy atom. The molecule has 2 bridgehead atoms. The van der Waals surface area contributed by atoms with Crippen molar-refractivity contribution in [1.82, 2.24) is 14.5 Å². The average molecular weight is 763 g/mol. The van der Waals surface area contributed by atoms with Gasteiger partial charge in [-0.3, -0.25) is 19.3 Å². The molecular weight excluding hydrogens is 704 g/mol. The van der Waals surface area contributed by atoms with Crippen LogP contribution in [0, 0.1) is 23.7 Å². The van der Waals surface area contributed by atoms with Gasteiger partial charge in [-0.25, -0.2) is 4.21 Å². The number of piperidine rings is 1. The van der Waals surface area contributed by atoms with Crippen molar-refractivity contribution in [3.8, 4) is 5.75 Å². The number of piperazine rings is 1. The van der Waals surface area contributed by atoms with Crippen LogP contribution in [0.25, 0.3) is 0 Å². The second-order valence-electron chi connectivity index (χ2n) is 17.4. The van der Waals surface area contributed by atoms with Crippen molar-refractivity contribution >= 4 is 38.8 Å². The Morgan fingerprint density at radius 2 is 1.92 bits per heavy atom. The summed E-state index contributed by atoms with van der Waals surface area (Å²) in [5, 5.41) is 0.774. The molecule has 2 aromatic carbocycles. The number of halogens is 1. The minimum Gasteiger partial charge on any atom is -0.490 e. The normalized spacial score (nSPS) is 37.2. The third-order valence-corrected chi connectivity index (χ3v) is 15.8. The largest absolute Gasteiger partial charge is 0.490 e. The molecule has 8 nitrogen and oxygen atoms in total. The van der Waals surface area contributed by atoms with E-state index in [0.29, 0.717) is 35.8 Å². The molecule has 0 radical (unpaired) electrons. The van der Waals surface area contributed by atoms with Crippen LogP contribution in [0.1, 0.15) is 80.3 Å². The van der Waals surface area contributed by atoms with Gasteiger partial charge in [0.25, 0.3) is 5.91 Å². The molecule has 4 heterocycles. The zero-order valence-corrected chi connectivity index (χ0v) is 33.6. The number of carbonyl (C=O) groups excluding carboxylic acids is 1. The van der Waals surface area contributed by atoms with Crippen LogP contribution in [0.5, 0.6) is 5.75 Å². The number of rotatable bonds is 3. The van der Waals surface area contributed by atoms with Crippen LogP contribution < -0.4 is 14.4 Å². The Morgan fingerprint density at radius 1 is 1.06 bits per heavy atom. The molecule has 4 aliphatic heterocycles. The molecule has 6 aliphatic rings. The van der Waals surface area contributed by atoms with Crippen LogP contribution >= 0.6 is 11.6 Å². The number of ether oxygens (including phenoxy) is 2. The number of nitrogens with one attached hydrogen (secondary N) is 1. The van der Waals surface area contributed by atoms with Gasteiger partial charge >= 0.3 is 0 Å². The fraction of sp³-hybridized carbons (Fsp3) is 0.628. The highest BCUT2D eigenvalue weighted by Crippen LogP contribution is 2.49. The molecule has 0 aromatic heterocycles. The number of anilines is 1. The molecule has 1 spiro atoms. The van der Waals surface area contributed by atoms with Gasteiger partial charge in [-0.2, -0.15) is 0 Å². The van der Waals surface area contributed by atoms with Gasteiger partial charge in [0.1, 0.15) is 11.4 Å². The van der Waals surface area contributed by atoms with Gasteiger partial charge in [-0.1, -0.05) is 50.1 Å². The molecule has 1 N–H and O–H groups in total. The molecule has 1 unspecified atom stereocenters. The number of hydrogen-bond acceptors (Lipinski definition) is 7. The summed E-state index contributed by atoms with van der Waals surface area (Å²) in [5.74, 6) is 5.66. The van der Waals surface area contributed by atoms with Crippen molar-refractivity contribution in [3.05, 3.63) is 70.3 Å². The highest BCUT2D eigenvalue weighted by molar-refractivity contribution is 7.99. The molecule has 288 valence electrons. The van der Waals surface area contributed by atoms with Crippen LogP contribution in [0.15, 0.2) is 48.6 Å². The Balaban J connectivity index is 1.19. The van der Waals surface area contributed by atoms with E-state index in [1.807, 2.05) is 25.3 Å². The van der Waals surface area contributed by atoms with E-state index in [1.54, 1.807) is 6.07 Å². The zero-order valence-electron chi connectivity index (χ0n) is 32.0. The summed E-state index contributed by atoms with van der Waals surface area (Å²) in [6.45, 7) is 11.9. The van der Waals surface area contributed by atoms with Crippen molar-refractivity contribution in [2.24, 2.45) is 23.7 Å². The van der Waals surface area contributed by atoms with E-state index in [1.165, 1.54) is 36.9 Å². The van der Waals surface area contributed by atoms with E-state index < -0.39 is 15.3 Å². The van der Waals surface area contributed by atoms with Crippen LogP contribution in [0.4, 0.5) is 5.69 Å². The van der Waals surface area contributed by atoms with E-state index in [-0.39, 0.29) is 23.2 Å². The van der Waals surface area contributed by atoms with Crippen molar-refractivity contribution in [2.45, 2.75) is 82.3 Å². The average Bonchev–Trinajstić information content (AvgIpc) is 3.27. The lowest BCUT2D eigenvalue weighted by atomic mass is 9.63. The number of methoxy groups -OCH3 is 1. The van der Waals surface area contributed by atoms with Crippen molar-refractivity contribution in [2.75, 3.05) is 70.2 Å². The SMILES string of the molecule is C=S1(=O)C[C@@H](C)[C@@H](C)/C=C/[C@@](CN2CCN3CCCC[C@@H]3C2)(OC)[C@@H]2CC[C@H]2CN2C[C@@]3(CCCc4cc(Cl)ccc43)COc3ccc(cc32)C(=O)N1. The summed E-state index contributed by atoms with van der Waals surface area (Å²) >= 11 is 6.53. The first-order valence-corrected chi connectivity index (χ1v) is 22.4. The highest BCUT2D eigenvalue weighted by atomic mass is 35.5. The summed E-state index contributed by atoms with van der Waals surface area (Å²) in [5.41, 5.74) is 3.37.